The van der Waals surface area contributed by atoms with Crippen molar-refractivity contribution in [1.82, 2.24) is 0 Å². The second-order valence-corrected chi connectivity index (χ2v) is 12.5. The van der Waals surface area contributed by atoms with Crippen LogP contribution in [0.15, 0.2) is 78.9 Å². The lowest BCUT2D eigenvalue weighted by Crippen LogP contribution is -3.00. The molecule has 2 heterocycles. The Labute approximate surface area is 253 Å². The van der Waals surface area contributed by atoms with E-state index in [1.807, 2.05) is 48.5 Å². The molecule has 3 aromatic rings. The van der Waals surface area contributed by atoms with E-state index >= 15 is 0 Å². The second kappa shape index (κ2) is 10.7. The van der Waals surface area contributed by atoms with E-state index in [0.717, 1.165) is 36.1 Å². The predicted octanol–water partition coefficient (Wildman–Crippen LogP) is 5.61. The summed E-state index contributed by atoms with van der Waals surface area (Å²) in [6, 6.07) is 21.9. The number of halogens is 7. The Kier molecular flexibility index (Phi) is 7.89. The van der Waals surface area contributed by atoms with Gasteiger partial charge in [0.15, 0.2) is 5.60 Å². The van der Waals surface area contributed by atoms with Crippen molar-refractivity contribution in [3.8, 4) is 0 Å². The molecule has 3 aromatic carbocycles. The molecule has 0 spiro atoms. The van der Waals surface area contributed by atoms with E-state index in [0.29, 0.717) is 36.0 Å². The second-order valence-electron chi connectivity index (χ2n) is 12.5. The summed E-state index contributed by atoms with van der Waals surface area (Å²) >= 11 is 0. The molecule has 0 N–H and O–H groups in total. The first-order valence-electron chi connectivity index (χ1n) is 14.2. The fourth-order valence-electron chi connectivity index (χ4n) is 8.89. The summed E-state index contributed by atoms with van der Waals surface area (Å²) in [6.45, 7) is 6.02. The first-order valence-corrected chi connectivity index (χ1v) is 14.2. The molecule has 42 heavy (non-hydrogen) atoms. The topological polar surface area (TPSA) is 9.23 Å². The minimum Gasteiger partial charge on any atom is -1.00 e. The molecule has 9 heteroatoms. The zero-order valence-electron chi connectivity index (χ0n) is 23.5. The van der Waals surface area contributed by atoms with Gasteiger partial charge < -0.3 is 26.2 Å². The van der Waals surface area contributed by atoms with E-state index in [9.17, 15) is 26.3 Å². The van der Waals surface area contributed by atoms with E-state index < -0.39 is 29.1 Å². The van der Waals surface area contributed by atoms with Crippen LogP contribution in [0.3, 0.4) is 0 Å². The Hall–Kier alpha value is -2.36. The molecule has 6 atom stereocenters. The van der Waals surface area contributed by atoms with Crippen molar-refractivity contribution in [3.63, 3.8) is 0 Å². The van der Waals surface area contributed by atoms with Crippen LogP contribution in [0.5, 0.6) is 0 Å². The van der Waals surface area contributed by atoms with Crippen LogP contribution in [-0.2, 0) is 35.8 Å². The Balaban J connectivity index is 0.00000353. The highest BCUT2D eigenvalue weighted by Crippen LogP contribution is 2.68. The highest BCUT2D eigenvalue weighted by atomic mass is 79.9. The SMILES string of the molecule is C[C@@H]1C[N@@+]2(Cc3cc(C(F)(F)F)cc(C(F)(F)F)c3)C[C@](OCc3ccccc3)(c3ccccc3)[C@H]3CC[C@@H]1[C@]32C.[Br-]. The van der Waals surface area contributed by atoms with Gasteiger partial charge in [0.1, 0.15) is 18.6 Å². The van der Waals surface area contributed by atoms with E-state index in [1.54, 1.807) is 0 Å². The number of rotatable bonds is 6. The standard InChI is InChI=1S/C33H34F6NO.BrH/c1-22-18-40(19-24-15-26(32(34,35)36)17-27(16-24)33(37,38)39)21-31(25-11-7-4-8-12-25,29-14-13-28(22)30(29,40)2)41-20-23-9-5-3-6-10-23;/h3-12,15-17,22,28-29H,13-14,18-21H2,1-2H3;1H/q+1;/p-1/t22-,28+,29+,30-,31+,40-;/m1./s1. The normalized spacial score (nSPS) is 32.0. The molecule has 0 aromatic heterocycles. The van der Waals surface area contributed by atoms with Gasteiger partial charge in [0.25, 0.3) is 0 Å². The third-order valence-corrected chi connectivity index (χ3v) is 10.4. The van der Waals surface area contributed by atoms with Crippen LogP contribution in [0.1, 0.15) is 54.5 Å². The van der Waals surface area contributed by atoms with Gasteiger partial charge in [0.2, 0.25) is 0 Å². The molecule has 2 saturated heterocycles. The summed E-state index contributed by atoms with van der Waals surface area (Å²) in [5, 5.41) is 0. The molecule has 3 aliphatic rings. The van der Waals surface area contributed by atoms with Gasteiger partial charge in [0.05, 0.1) is 30.2 Å². The largest absolute Gasteiger partial charge is 1.00 e. The molecule has 1 saturated carbocycles. The van der Waals surface area contributed by atoms with Crippen LogP contribution in [-0.4, -0.2) is 23.1 Å². The maximum absolute atomic E-state index is 13.8. The monoisotopic (exact) mass is 653 g/mol. The van der Waals surface area contributed by atoms with Crippen molar-refractivity contribution >= 4 is 0 Å². The smallest absolute Gasteiger partial charge is 0.416 e. The summed E-state index contributed by atoms with van der Waals surface area (Å²) < 4.78 is 90.2. The fraction of sp³-hybridized carbons (Fsp3) is 0.455. The number of ether oxygens (including phenoxy) is 1. The van der Waals surface area contributed by atoms with Crippen molar-refractivity contribution in [1.29, 1.82) is 0 Å². The van der Waals surface area contributed by atoms with Gasteiger partial charge in [-0.3, -0.25) is 0 Å². The number of quaternary nitrogens is 1. The molecule has 2 aliphatic heterocycles. The van der Waals surface area contributed by atoms with E-state index in [1.165, 1.54) is 0 Å². The van der Waals surface area contributed by atoms with Crippen molar-refractivity contribution in [3.05, 3.63) is 107 Å². The van der Waals surface area contributed by atoms with Gasteiger partial charge in [-0.2, -0.15) is 26.3 Å². The van der Waals surface area contributed by atoms with Crippen LogP contribution in [0.2, 0.25) is 0 Å². The quantitative estimate of drug-likeness (QED) is 0.249. The number of hydrogen-bond donors (Lipinski definition) is 0. The zero-order valence-corrected chi connectivity index (χ0v) is 25.1. The van der Waals surface area contributed by atoms with Gasteiger partial charge in [-0.1, -0.05) is 67.6 Å². The van der Waals surface area contributed by atoms with Crippen molar-refractivity contribution in [2.24, 2.45) is 17.8 Å². The highest BCUT2D eigenvalue weighted by molar-refractivity contribution is 5.35. The molecular formula is C33H34BrF6NO. The molecule has 0 radical (unpaired) electrons. The first-order chi connectivity index (χ1) is 19.3. The van der Waals surface area contributed by atoms with Crippen molar-refractivity contribution < 1.29 is 52.5 Å². The lowest BCUT2D eigenvalue weighted by Gasteiger charge is -2.43. The third kappa shape index (κ3) is 4.89. The Morgan fingerprint density at radius 2 is 1.38 bits per heavy atom. The van der Waals surface area contributed by atoms with Crippen LogP contribution in [0, 0.1) is 17.8 Å². The van der Waals surface area contributed by atoms with Crippen LogP contribution < -0.4 is 17.0 Å². The lowest BCUT2D eigenvalue weighted by atomic mass is 9.73. The van der Waals surface area contributed by atoms with Crippen molar-refractivity contribution in [2.75, 3.05) is 13.1 Å². The number of alkyl halides is 6. The van der Waals surface area contributed by atoms with Gasteiger partial charge in [0, 0.05) is 17.4 Å². The fourth-order valence-corrected chi connectivity index (χ4v) is 8.89. The summed E-state index contributed by atoms with van der Waals surface area (Å²) in [5.74, 6) is 0.649. The molecule has 6 rings (SSSR count). The van der Waals surface area contributed by atoms with Crippen molar-refractivity contribution in [2.45, 2.75) is 63.3 Å². The molecule has 3 fully saturated rings. The lowest BCUT2D eigenvalue weighted by molar-refractivity contribution is -0.968. The average Bonchev–Trinajstić information content (AvgIpc) is 3.47. The molecule has 0 amide bonds. The van der Waals surface area contributed by atoms with Gasteiger partial charge in [-0.15, -0.1) is 0 Å². The van der Waals surface area contributed by atoms with E-state index in [2.05, 4.69) is 26.0 Å². The van der Waals surface area contributed by atoms with Gasteiger partial charge >= 0.3 is 12.4 Å². The first kappa shape index (κ1) is 31.1. The maximum Gasteiger partial charge on any atom is 0.416 e. The molecule has 1 aliphatic carbocycles. The van der Waals surface area contributed by atoms with E-state index in [-0.39, 0.29) is 46.6 Å². The van der Waals surface area contributed by atoms with Gasteiger partial charge in [-0.25, -0.2) is 0 Å². The number of nitrogens with zero attached hydrogens (tertiary/aromatic N) is 1. The Bertz CT molecular complexity index is 1380. The maximum atomic E-state index is 13.8. The summed E-state index contributed by atoms with van der Waals surface area (Å²) in [7, 11) is 0. The molecule has 226 valence electrons. The number of benzene rings is 3. The van der Waals surface area contributed by atoms with Gasteiger partial charge in [-0.05, 0) is 49.1 Å². The van der Waals surface area contributed by atoms with E-state index in [4.69, 9.17) is 4.74 Å². The molecule has 0 bridgehead atoms. The van der Waals surface area contributed by atoms with Crippen LogP contribution in [0.4, 0.5) is 26.3 Å². The molecule has 2 nitrogen and oxygen atoms in total. The summed E-state index contributed by atoms with van der Waals surface area (Å²) in [6.07, 6.45) is -7.91. The summed E-state index contributed by atoms with van der Waals surface area (Å²) in [4.78, 5) is 0. The van der Waals surface area contributed by atoms with Crippen LogP contribution in [0.25, 0.3) is 0 Å². The Morgan fingerprint density at radius 1 is 0.810 bits per heavy atom. The number of hydrogen-bond acceptors (Lipinski definition) is 1. The zero-order chi connectivity index (χ0) is 29.3. The third-order valence-electron chi connectivity index (χ3n) is 10.4. The Morgan fingerprint density at radius 3 is 1.95 bits per heavy atom. The minimum absolute atomic E-state index is 0. The molecular weight excluding hydrogens is 620 g/mol. The highest BCUT2D eigenvalue weighted by Gasteiger charge is 2.78. The minimum atomic E-state index is -4.88. The average molecular weight is 655 g/mol. The molecule has 0 unspecified atom stereocenters. The predicted molar refractivity (Wildman–Crippen MR) is 143 cm³/mol. The van der Waals surface area contributed by atoms with Crippen LogP contribution >= 0.6 is 0 Å². The summed E-state index contributed by atoms with van der Waals surface area (Å²) in [5.41, 5.74) is -1.51.